The summed E-state index contributed by atoms with van der Waals surface area (Å²) < 4.78 is 0. The molecular formula is C10H10N6O5. The van der Waals surface area contributed by atoms with Crippen LogP contribution in [0.2, 0.25) is 0 Å². The van der Waals surface area contributed by atoms with Crippen LogP contribution >= 0.6 is 0 Å². The molecule has 2 heterocycles. The number of carbonyl (C=O) groups is 2. The van der Waals surface area contributed by atoms with E-state index in [1.807, 2.05) is 0 Å². The van der Waals surface area contributed by atoms with Crippen molar-refractivity contribution in [3.63, 3.8) is 0 Å². The molecule has 0 atom stereocenters. The number of carboxylic acid groups (broad SMARTS) is 1. The number of nitrogen functional groups attached to an aromatic ring is 2. The number of aromatic amines is 2. The molecule has 2 aromatic heterocycles. The van der Waals surface area contributed by atoms with Crippen LogP contribution in [0, 0.1) is 0 Å². The molecule has 0 unspecified atom stereocenters. The second-order valence-corrected chi connectivity index (χ2v) is 3.50. The maximum atomic E-state index is 10.4. The lowest BCUT2D eigenvalue weighted by Crippen LogP contribution is -2.16. The van der Waals surface area contributed by atoms with E-state index in [-0.39, 0.29) is 22.8 Å². The number of aromatic nitrogens is 4. The Balaban J connectivity index is 0.000000211. The van der Waals surface area contributed by atoms with Crippen molar-refractivity contribution in [1.29, 1.82) is 0 Å². The summed E-state index contributed by atoms with van der Waals surface area (Å²) in [5.74, 6) is -1.35. The first-order valence-corrected chi connectivity index (χ1v) is 5.23. The fraction of sp³-hybridized carbons (Fsp3) is 0. The highest BCUT2D eigenvalue weighted by Crippen LogP contribution is 2.01. The van der Waals surface area contributed by atoms with E-state index >= 15 is 0 Å². The molecule has 0 amide bonds. The molecule has 11 nitrogen and oxygen atoms in total. The normalized spacial score (nSPS) is 9.33. The van der Waals surface area contributed by atoms with Gasteiger partial charge in [-0.15, -0.1) is 0 Å². The van der Waals surface area contributed by atoms with Crippen LogP contribution in [0.1, 0.15) is 20.7 Å². The quantitative estimate of drug-likeness (QED) is 0.397. The molecule has 2 rings (SSSR count). The summed E-state index contributed by atoms with van der Waals surface area (Å²) in [6.07, 6.45) is 2.57. The van der Waals surface area contributed by atoms with Crippen LogP contribution in [0.15, 0.2) is 22.0 Å². The van der Waals surface area contributed by atoms with Crippen LogP contribution in [0.4, 0.5) is 11.6 Å². The molecule has 0 aromatic carbocycles. The van der Waals surface area contributed by atoms with Crippen molar-refractivity contribution < 1.29 is 14.7 Å². The van der Waals surface area contributed by atoms with Crippen LogP contribution in [-0.4, -0.2) is 37.3 Å². The highest BCUT2D eigenvalue weighted by atomic mass is 16.4. The van der Waals surface area contributed by atoms with Gasteiger partial charge in [0.05, 0.1) is 11.8 Å². The van der Waals surface area contributed by atoms with Gasteiger partial charge in [0.1, 0.15) is 17.2 Å². The van der Waals surface area contributed by atoms with Crippen molar-refractivity contribution in [3.05, 3.63) is 44.5 Å². The molecule has 21 heavy (non-hydrogen) atoms. The third kappa shape index (κ3) is 4.27. The van der Waals surface area contributed by atoms with Crippen molar-refractivity contribution in [3.8, 4) is 0 Å². The van der Waals surface area contributed by atoms with Gasteiger partial charge in [-0.3, -0.25) is 14.8 Å². The zero-order valence-corrected chi connectivity index (χ0v) is 10.4. The monoisotopic (exact) mass is 294 g/mol. The molecule has 7 N–H and O–H groups in total. The number of anilines is 2. The van der Waals surface area contributed by atoms with Crippen molar-refractivity contribution in [2.45, 2.75) is 0 Å². The predicted molar refractivity (Wildman–Crippen MR) is 70.9 cm³/mol. The van der Waals surface area contributed by atoms with Crippen molar-refractivity contribution in [2.24, 2.45) is 0 Å². The maximum absolute atomic E-state index is 10.4. The van der Waals surface area contributed by atoms with E-state index in [9.17, 15) is 19.2 Å². The lowest BCUT2D eigenvalue weighted by molar-refractivity contribution is 0.0697. The van der Waals surface area contributed by atoms with E-state index in [1.54, 1.807) is 0 Å². The van der Waals surface area contributed by atoms with Crippen LogP contribution in [0.25, 0.3) is 0 Å². The first-order valence-electron chi connectivity index (χ1n) is 5.23. The molecule has 0 fully saturated rings. The van der Waals surface area contributed by atoms with Gasteiger partial charge in [0.25, 0.3) is 0 Å². The van der Waals surface area contributed by atoms with Gasteiger partial charge in [-0.05, 0) is 0 Å². The third-order valence-corrected chi connectivity index (χ3v) is 2.07. The van der Waals surface area contributed by atoms with Crippen LogP contribution in [0.3, 0.4) is 0 Å². The van der Waals surface area contributed by atoms with Crippen LogP contribution in [-0.2, 0) is 0 Å². The minimum atomic E-state index is -1.22. The first-order chi connectivity index (χ1) is 9.85. The highest BCUT2D eigenvalue weighted by molar-refractivity contribution is 5.91. The molecule has 110 valence electrons. The summed E-state index contributed by atoms with van der Waals surface area (Å²) in [6, 6.07) is 0. The zero-order chi connectivity index (χ0) is 16.0. The Kier molecular flexibility index (Phi) is 4.89. The Labute approximate surface area is 115 Å². The number of carboxylic acids is 1. The number of nitrogens with one attached hydrogen (secondary N) is 2. The lowest BCUT2D eigenvalue weighted by atomic mass is 10.3. The smallest absolute Gasteiger partial charge is 0.346 e. The van der Waals surface area contributed by atoms with Gasteiger partial charge in [-0.2, -0.15) is 0 Å². The number of hydrogen-bond donors (Lipinski definition) is 5. The van der Waals surface area contributed by atoms with E-state index in [0.717, 1.165) is 12.4 Å². The van der Waals surface area contributed by atoms with Crippen molar-refractivity contribution >= 4 is 23.9 Å². The topological polar surface area (TPSA) is 198 Å². The minimum Gasteiger partial charge on any atom is -0.478 e. The van der Waals surface area contributed by atoms with Crippen LogP contribution in [0.5, 0.6) is 0 Å². The SMILES string of the molecule is Nc1[nH]c(=O)ncc1C(=O)O.Nc1[nH]c(=O)ncc1C=O. The molecule has 0 spiro atoms. The highest BCUT2D eigenvalue weighted by Gasteiger charge is 2.07. The zero-order valence-electron chi connectivity index (χ0n) is 10.4. The molecule has 0 radical (unpaired) electrons. The summed E-state index contributed by atoms with van der Waals surface area (Å²) in [7, 11) is 0. The fourth-order valence-electron chi connectivity index (χ4n) is 1.09. The van der Waals surface area contributed by atoms with Crippen LogP contribution < -0.4 is 22.8 Å². The summed E-state index contributed by atoms with van der Waals surface area (Å²) in [5, 5.41) is 8.41. The molecular weight excluding hydrogens is 284 g/mol. The molecule has 0 saturated heterocycles. The number of carbonyl (C=O) groups excluding carboxylic acids is 1. The number of nitrogens with two attached hydrogens (primary N) is 2. The Morgan fingerprint density at radius 2 is 1.62 bits per heavy atom. The average Bonchev–Trinajstić information content (AvgIpc) is 2.39. The van der Waals surface area contributed by atoms with Gasteiger partial charge in [0.15, 0.2) is 6.29 Å². The summed E-state index contributed by atoms with van der Waals surface area (Å²) in [4.78, 5) is 51.9. The van der Waals surface area contributed by atoms with Gasteiger partial charge in [-0.25, -0.2) is 24.4 Å². The Hall–Kier alpha value is -3.50. The summed E-state index contributed by atoms with van der Waals surface area (Å²) in [5.41, 5.74) is 9.13. The molecule has 0 bridgehead atoms. The first kappa shape index (κ1) is 15.6. The molecule has 0 aliphatic heterocycles. The predicted octanol–water partition coefficient (Wildman–Crippen LogP) is -1.79. The fourth-order valence-corrected chi connectivity index (χ4v) is 1.09. The lowest BCUT2D eigenvalue weighted by Gasteiger charge is -1.95. The second kappa shape index (κ2) is 6.60. The number of hydrogen-bond acceptors (Lipinski definition) is 8. The maximum Gasteiger partial charge on any atom is 0.346 e. The van der Waals surface area contributed by atoms with Gasteiger partial charge in [-0.1, -0.05) is 0 Å². The van der Waals surface area contributed by atoms with E-state index in [4.69, 9.17) is 16.6 Å². The van der Waals surface area contributed by atoms with Gasteiger partial charge in [0.2, 0.25) is 0 Å². The molecule has 0 aliphatic rings. The number of rotatable bonds is 2. The largest absolute Gasteiger partial charge is 0.478 e. The van der Waals surface area contributed by atoms with Gasteiger partial charge >= 0.3 is 17.3 Å². The van der Waals surface area contributed by atoms with E-state index in [1.165, 1.54) is 0 Å². The molecule has 0 saturated carbocycles. The number of nitrogens with zero attached hydrogens (tertiary/aromatic N) is 2. The van der Waals surface area contributed by atoms with Crippen molar-refractivity contribution in [2.75, 3.05) is 11.5 Å². The minimum absolute atomic E-state index is 0.0509. The molecule has 2 aromatic rings. The number of aldehydes is 1. The van der Waals surface area contributed by atoms with Crippen molar-refractivity contribution in [1.82, 2.24) is 19.9 Å². The Morgan fingerprint density at radius 1 is 1.10 bits per heavy atom. The van der Waals surface area contributed by atoms with E-state index in [0.29, 0.717) is 6.29 Å². The molecule has 11 heteroatoms. The Morgan fingerprint density at radius 3 is 2.05 bits per heavy atom. The summed E-state index contributed by atoms with van der Waals surface area (Å²) >= 11 is 0. The molecule has 0 aliphatic carbocycles. The van der Waals surface area contributed by atoms with E-state index in [2.05, 4.69) is 19.9 Å². The van der Waals surface area contributed by atoms with Gasteiger partial charge in [0, 0.05) is 6.20 Å². The third-order valence-electron chi connectivity index (χ3n) is 2.07. The number of H-pyrrole nitrogens is 2. The number of aromatic carboxylic acids is 1. The van der Waals surface area contributed by atoms with E-state index < -0.39 is 17.3 Å². The summed E-state index contributed by atoms with van der Waals surface area (Å²) in [6.45, 7) is 0. The average molecular weight is 294 g/mol. The Bertz CT molecular complexity index is 780. The second-order valence-electron chi connectivity index (χ2n) is 3.50. The van der Waals surface area contributed by atoms with Gasteiger partial charge < -0.3 is 16.6 Å². The standard InChI is InChI=1S/C5H5N3O3.C5H5N3O2/c6-3-2(4(9)10)1-7-5(11)8-3;6-4-3(2-9)1-7-5(10)8-4/h1H,(H,9,10)(H3,6,7,8,11);1-2H,(H3,6,7,8,10).